The summed E-state index contributed by atoms with van der Waals surface area (Å²) in [5.41, 5.74) is 0.507. The van der Waals surface area contributed by atoms with Crippen molar-refractivity contribution in [3.63, 3.8) is 0 Å². The van der Waals surface area contributed by atoms with Gasteiger partial charge in [0.1, 0.15) is 5.60 Å². The predicted molar refractivity (Wildman–Crippen MR) is 138 cm³/mol. The van der Waals surface area contributed by atoms with Crippen LogP contribution in [-0.2, 0) is 15.9 Å². The van der Waals surface area contributed by atoms with E-state index in [2.05, 4.69) is 9.97 Å². The summed E-state index contributed by atoms with van der Waals surface area (Å²) >= 11 is 0. The van der Waals surface area contributed by atoms with Crippen LogP contribution < -0.4 is 0 Å². The van der Waals surface area contributed by atoms with Crippen LogP contribution in [-0.4, -0.2) is 43.3 Å². The van der Waals surface area contributed by atoms with Crippen LogP contribution in [0.5, 0.6) is 0 Å². The topological polar surface area (TPSA) is 95.8 Å². The highest BCUT2D eigenvalue weighted by atomic mass is 16.6. The van der Waals surface area contributed by atoms with E-state index < -0.39 is 22.9 Å². The van der Waals surface area contributed by atoms with Crippen molar-refractivity contribution in [2.24, 2.45) is 0 Å². The van der Waals surface area contributed by atoms with E-state index in [1.807, 2.05) is 61.5 Å². The molecule has 0 spiro atoms. The van der Waals surface area contributed by atoms with Gasteiger partial charge in [0.05, 0.1) is 17.2 Å². The quantitative estimate of drug-likeness (QED) is 0.466. The first-order valence-electron chi connectivity index (χ1n) is 12.3. The zero-order valence-corrected chi connectivity index (χ0v) is 21.6. The Hall–Kier alpha value is -3.29. The fourth-order valence-corrected chi connectivity index (χ4v) is 4.78. The van der Waals surface area contributed by atoms with Gasteiger partial charge >= 0.3 is 6.09 Å². The number of ether oxygens (including phenoxy) is 1. The number of rotatable bonds is 7. The third kappa shape index (κ3) is 5.58. The van der Waals surface area contributed by atoms with Crippen molar-refractivity contribution in [2.45, 2.75) is 70.3 Å². The summed E-state index contributed by atoms with van der Waals surface area (Å²) in [4.78, 5) is 23.8. The van der Waals surface area contributed by atoms with Crippen LogP contribution in [0.25, 0.3) is 11.4 Å². The van der Waals surface area contributed by atoms with E-state index in [0.29, 0.717) is 30.8 Å². The van der Waals surface area contributed by atoms with Crippen molar-refractivity contribution in [1.29, 1.82) is 0 Å². The minimum atomic E-state index is -0.994. The molecule has 1 unspecified atom stereocenters. The second-order valence-electron chi connectivity index (χ2n) is 10.8. The third-order valence-electron chi connectivity index (χ3n) is 6.77. The van der Waals surface area contributed by atoms with Crippen LogP contribution in [0.2, 0.25) is 0 Å². The maximum Gasteiger partial charge on any atom is 0.411 e. The lowest BCUT2D eigenvalue weighted by molar-refractivity contribution is -0.101. The average Bonchev–Trinajstić information content (AvgIpc) is 2.83. The molecule has 2 heterocycles. The maximum atomic E-state index is 13.3. The van der Waals surface area contributed by atoms with E-state index in [9.17, 15) is 15.0 Å². The Morgan fingerprint density at radius 1 is 1.00 bits per heavy atom. The molecule has 1 aromatic heterocycles. The van der Waals surface area contributed by atoms with Gasteiger partial charge in [-0.2, -0.15) is 0 Å². The SMILES string of the molecule is C[C@@H](c1ccc(-c2ncc(C(C)(C)O)cn2)cc1)N1CCC(CC(C)(C)O)(c2ccccc2)OC1=O. The normalized spacial score (nSPS) is 19.6. The Bertz CT molecular complexity index is 1180. The largest absolute Gasteiger partial charge is 0.438 e. The van der Waals surface area contributed by atoms with Crippen LogP contribution in [0.15, 0.2) is 67.0 Å². The fourth-order valence-electron chi connectivity index (χ4n) is 4.78. The molecule has 1 aliphatic heterocycles. The predicted octanol–water partition coefficient (Wildman–Crippen LogP) is 5.33. The summed E-state index contributed by atoms with van der Waals surface area (Å²) in [5, 5.41) is 20.7. The lowest BCUT2D eigenvalue weighted by Gasteiger charge is -2.45. The molecule has 4 rings (SSSR count). The van der Waals surface area contributed by atoms with E-state index in [0.717, 1.165) is 16.7 Å². The van der Waals surface area contributed by atoms with Gasteiger partial charge in [-0.25, -0.2) is 14.8 Å². The van der Waals surface area contributed by atoms with E-state index >= 15 is 0 Å². The van der Waals surface area contributed by atoms with Crippen LogP contribution in [0.4, 0.5) is 4.79 Å². The number of benzene rings is 2. The highest BCUT2D eigenvalue weighted by Crippen LogP contribution is 2.42. The van der Waals surface area contributed by atoms with Gasteiger partial charge in [-0.15, -0.1) is 0 Å². The molecule has 36 heavy (non-hydrogen) atoms. The van der Waals surface area contributed by atoms with E-state index in [-0.39, 0.29) is 6.04 Å². The molecule has 0 radical (unpaired) electrons. The molecule has 190 valence electrons. The van der Waals surface area contributed by atoms with Crippen molar-refractivity contribution in [2.75, 3.05) is 6.54 Å². The van der Waals surface area contributed by atoms with Gasteiger partial charge in [-0.05, 0) is 45.7 Å². The van der Waals surface area contributed by atoms with Gasteiger partial charge in [0.25, 0.3) is 0 Å². The Morgan fingerprint density at radius 3 is 2.14 bits per heavy atom. The Kier molecular flexibility index (Phi) is 6.90. The molecule has 1 aliphatic rings. The summed E-state index contributed by atoms with van der Waals surface area (Å²) in [5.74, 6) is 0.568. The standard InChI is InChI=1S/C29H35N3O4/c1-20(21-11-13-22(14-12-21)25-30-17-24(18-31-25)28(4,5)35)32-16-15-29(36-26(32)33,19-27(2,3)34)23-9-7-6-8-10-23/h6-14,17-18,20,34-35H,15-16,19H2,1-5H3/t20-,29?/m0/s1. The van der Waals surface area contributed by atoms with Crippen molar-refractivity contribution in [3.8, 4) is 11.4 Å². The highest BCUT2D eigenvalue weighted by molar-refractivity contribution is 5.70. The van der Waals surface area contributed by atoms with E-state index in [4.69, 9.17) is 4.74 Å². The molecular formula is C29H35N3O4. The van der Waals surface area contributed by atoms with Crippen LogP contribution in [0.1, 0.15) is 70.2 Å². The number of amides is 1. The summed E-state index contributed by atoms with van der Waals surface area (Å²) in [6.45, 7) is 9.36. The molecule has 3 aromatic rings. The minimum Gasteiger partial charge on any atom is -0.438 e. The first-order chi connectivity index (χ1) is 16.9. The first kappa shape index (κ1) is 25.8. The number of hydrogen-bond donors (Lipinski definition) is 2. The summed E-state index contributed by atoms with van der Waals surface area (Å²) < 4.78 is 6.11. The Balaban J connectivity index is 1.50. The Morgan fingerprint density at radius 2 is 1.61 bits per heavy atom. The van der Waals surface area contributed by atoms with Gasteiger partial charge in [0.15, 0.2) is 5.82 Å². The zero-order valence-electron chi connectivity index (χ0n) is 21.6. The Labute approximate surface area is 212 Å². The number of hydrogen-bond acceptors (Lipinski definition) is 6. The molecule has 1 fully saturated rings. The van der Waals surface area contributed by atoms with Crippen LogP contribution in [0.3, 0.4) is 0 Å². The zero-order chi connectivity index (χ0) is 26.1. The van der Waals surface area contributed by atoms with Gasteiger partial charge < -0.3 is 19.8 Å². The van der Waals surface area contributed by atoms with Gasteiger partial charge in [0.2, 0.25) is 0 Å². The van der Waals surface area contributed by atoms with E-state index in [1.54, 1.807) is 45.0 Å². The van der Waals surface area contributed by atoms with Gasteiger partial charge in [-0.1, -0.05) is 54.6 Å². The fraction of sp³-hybridized carbons (Fsp3) is 0.414. The van der Waals surface area contributed by atoms with Crippen molar-refractivity contribution in [1.82, 2.24) is 14.9 Å². The second-order valence-corrected chi connectivity index (χ2v) is 10.8. The number of aliphatic hydroxyl groups is 2. The molecule has 0 bridgehead atoms. The highest BCUT2D eigenvalue weighted by Gasteiger charge is 2.46. The summed E-state index contributed by atoms with van der Waals surface area (Å²) in [7, 11) is 0. The number of cyclic esters (lactones) is 1. The van der Waals surface area contributed by atoms with E-state index in [1.165, 1.54) is 0 Å². The maximum absolute atomic E-state index is 13.3. The first-order valence-corrected chi connectivity index (χ1v) is 12.3. The monoisotopic (exact) mass is 489 g/mol. The molecule has 1 saturated heterocycles. The summed E-state index contributed by atoms with van der Waals surface area (Å²) in [6.07, 6.45) is 3.77. The van der Waals surface area contributed by atoms with Gasteiger partial charge in [-0.3, -0.25) is 0 Å². The number of carbonyl (C=O) groups is 1. The summed E-state index contributed by atoms with van der Waals surface area (Å²) in [6, 6.07) is 17.3. The van der Waals surface area contributed by atoms with Crippen LogP contribution >= 0.6 is 0 Å². The molecular weight excluding hydrogens is 454 g/mol. The molecule has 7 heteroatoms. The average molecular weight is 490 g/mol. The molecule has 7 nitrogen and oxygen atoms in total. The lowest BCUT2D eigenvalue weighted by Crippen LogP contribution is -2.51. The second kappa shape index (κ2) is 9.64. The smallest absolute Gasteiger partial charge is 0.411 e. The third-order valence-corrected chi connectivity index (χ3v) is 6.77. The number of nitrogens with zero attached hydrogens (tertiary/aromatic N) is 3. The molecule has 2 N–H and O–H groups in total. The van der Waals surface area contributed by atoms with Crippen molar-refractivity contribution < 1.29 is 19.7 Å². The molecule has 2 atom stereocenters. The molecule has 1 amide bonds. The molecule has 0 aliphatic carbocycles. The van der Waals surface area contributed by atoms with Gasteiger partial charge in [0, 0.05) is 42.9 Å². The number of carbonyl (C=O) groups excluding carboxylic acids is 1. The van der Waals surface area contributed by atoms with Crippen molar-refractivity contribution in [3.05, 3.63) is 83.7 Å². The van der Waals surface area contributed by atoms with Crippen LogP contribution in [0, 0.1) is 0 Å². The van der Waals surface area contributed by atoms with Crippen molar-refractivity contribution >= 4 is 6.09 Å². The minimum absolute atomic E-state index is 0.194. The molecule has 0 saturated carbocycles. The number of aromatic nitrogens is 2. The molecule has 2 aromatic carbocycles. The lowest BCUT2D eigenvalue weighted by atomic mass is 9.80.